The van der Waals surface area contributed by atoms with Crippen molar-refractivity contribution >= 4 is 29.8 Å². The van der Waals surface area contributed by atoms with Crippen molar-refractivity contribution in [2.75, 3.05) is 6.61 Å². The molecule has 5 amide bonds. The van der Waals surface area contributed by atoms with E-state index in [-0.39, 0.29) is 12.3 Å². The van der Waals surface area contributed by atoms with Crippen LogP contribution in [0.4, 0.5) is 4.79 Å². The summed E-state index contributed by atoms with van der Waals surface area (Å²) >= 11 is 0. The quantitative estimate of drug-likeness (QED) is 0.278. The molecule has 2 aliphatic heterocycles. The van der Waals surface area contributed by atoms with Gasteiger partial charge < -0.3 is 10.1 Å². The minimum atomic E-state index is -0.959. The van der Waals surface area contributed by atoms with Gasteiger partial charge in [0.05, 0.1) is 11.8 Å². The molecule has 1 aromatic rings. The van der Waals surface area contributed by atoms with Gasteiger partial charge in [-0.25, -0.2) is 15.1 Å². The molecule has 4 rings (SSSR count). The Morgan fingerprint density at radius 3 is 2.50 bits per heavy atom. The Morgan fingerprint density at radius 2 is 1.82 bits per heavy atom. The summed E-state index contributed by atoms with van der Waals surface area (Å²) in [6.45, 7) is 4.49. The fourth-order valence-corrected chi connectivity index (χ4v) is 5.74. The second kappa shape index (κ2) is 13.9. The molecule has 3 aliphatic rings. The molecule has 1 saturated carbocycles. The van der Waals surface area contributed by atoms with Crippen molar-refractivity contribution in [3.05, 3.63) is 42.0 Å². The Labute approximate surface area is 236 Å². The van der Waals surface area contributed by atoms with Crippen LogP contribution < -0.4 is 16.2 Å². The van der Waals surface area contributed by atoms with Crippen LogP contribution in [0.2, 0.25) is 0 Å². The van der Waals surface area contributed by atoms with E-state index in [1.165, 1.54) is 0 Å². The first-order valence-corrected chi connectivity index (χ1v) is 14.5. The van der Waals surface area contributed by atoms with Crippen LogP contribution in [0.15, 0.2) is 36.4 Å². The predicted octanol–water partition coefficient (Wildman–Crippen LogP) is 4.23. The number of hydrogen-bond donors (Lipinski definition) is 3. The van der Waals surface area contributed by atoms with E-state index in [9.17, 15) is 19.2 Å². The molecule has 0 radical (unpaired) electrons. The second-order valence-corrected chi connectivity index (χ2v) is 11.5. The van der Waals surface area contributed by atoms with Crippen LogP contribution in [0.25, 0.3) is 6.08 Å². The maximum atomic E-state index is 13.7. The van der Waals surface area contributed by atoms with Crippen molar-refractivity contribution in [1.82, 2.24) is 21.2 Å². The Kier molecular flexibility index (Phi) is 10.3. The van der Waals surface area contributed by atoms with Gasteiger partial charge in [0.2, 0.25) is 11.8 Å². The van der Waals surface area contributed by atoms with E-state index < -0.39 is 47.4 Å². The number of ether oxygens (including phenoxy) is 1. The molecular formula is C30H42N4O6. The Bertz CT molecular complexity index is 1060. The highest BCUT2D eigenvalue weighted by atomic mass is 16.8. The first kappa shape index (κ1) is 29.7. The van der Waals surface area contributed by atoms with Crippen molar-refractivity contribution in [1.29, 1.82) is 0 Å². The summed E-state index contributed by atoms with van der Waals surface area (Å²) in [6, 6.07) is 9.04. The summed E-state index contributed by atoms with van der Waals surface area (Å²) in [5.74, 6) is -2.99. The minimum absolute atomic E-state index is 0.0690. The van der Waals surface area contributed by atoms with E-state index in [0.29, 0.717) is 32.3 Å². The first-order valence-electron chi connectivity index (χ1n) is 14.5. The molecule has 2 heterocycles. The average Bonchev–Trinajstić information content (AvgIpc) is 3.17. The van der Waals surface area contributed by atoms with Gasteiger partial charge in [0.1, 0.15) is 5.54 Å². The molecule has 218 valence electrons. The number of rotatable bonds is 11. The molecule has 3 atom stereocenters. The molecule has 10 heteroatoms. The van der Waals surface area contributed by atoms with Crippen molar-refractivity contribution in [3.63, 3.8) is 0 Å². The van der Waals surface area contributed by atoms with Gasteiger partial charge in [-0.2, -0.15) is 5.01 Å². The predicted molar refractivity (Wildman–Crippen MR) is 149 cm³/mol. The van der Waals surface area contributed by atoms with Gasteiger partial charge in [-0.1, -0.05) is 75.6 Å². The maximum absolute atomic E-state index is 13.7. The average molecular weight is 555 g/mol. The lowest BCUT2D eigenvalue weighted by atomic mass is 9.81. The zero-order valence-electron chi connectivity index (χ0n) is 23.5. The number of nitrogens with one attached hydrogen (secondary N) is 3. The summed E-state index contributed by atoms with van der Waals surface area (Å²) in [6.07, 6.45) is 10.2. The second-order valence-electron chi connectivity index (χ2n) is 11.5. The number of nitrogens with zero attached hydrogens (tertiary/aromatic N) is 1. The zero-order chi connectivity index (χ0) is 28.5. The highest BCUT2D eigenvalue weighted by Crippen LogP contribution is 2.33. The van der Waals surface area contributed by atoms with Crippen LogP contribution in [-0.4, -0.2) is 47.2 Å². The lowest BCUT2D eigenvalue weighted by Gasteiger charge is -2.31. The molecular weight excluding hydrogens is 512 g/mol. The monoisotopic (exact) mass is 554 g/mol. The number of urea groups is 1. The molecule has 0 bridgehead atoms. The molecule has 40 heavy (non-hydrogen) atoms. The lowest BCUT2D eigenvalue weighted by molar-refractivity contribution is -0.203. The highest BCUT2D eigenvalue weighted by Gasteiger charge is 2.52. The molecule has 10 nitrogen and oxygen atoms in total. The van der Waals surface area contributed by atoms with Crippen molar-refractivity contribution < 1.29 is 28.8 Å². The fraction of sp³-hybridized carbons (Fsp3) is 0.600. The third-order valence-corrected chi connectivity index (χ3v) is 7.90. The van der Waals surface area contributed by atoms with Crippen LogP contribution in [0.1, 0.15) is 83.6 Å². The molecule has 0 aromatic heterocycles. The Morgan fingerprint density at radius 1 is 1.07 bits per heavy atom. The van der Waals surface area contributed by atoms with Crippen LogP contribution in [-0.2, 0) is 24.0 Å². The van der Waals surface area contributed by atoms with Gasteiger partial charge in [-0.15, -0.1) is 0 Å². The Balaban J connectivity index is 1.51. The smallest absolute Gasteiger partial charge is 0.344 e. The van der Waals surface area contributed by atoms with Crippen molar-refractivity contribution in [2.45, 2.75) is 89.9 Å². The number of imide groups is 1. The molecule has 2 saturated heterocycles. The number of hydrogen-bond acceptors (Lipinski definition) is 6. The first-order chi connectivity index (χ1) is 19.3. The third kappa shape index (κ3) is 7.48. The van der Waals surface area contributed by atoms with Crippen LogP contribution >= 0.6 is 0 Å². The SMILES string of the molecule is CC(C)CC(C(=O)NN1C(=O)NC2(CCCCC2)C1=O)[C@H](CC=Cc1ccccc1)C(=O)NOC1CCCCO1. The molecule has 1 spiro atoms. The summed E-state index contributed by atoms with van der Waals surface area (Å²) in [4.78, 5) is 58.9. The van der Waals surface area contributed by atoms with Crippen LogP contribution in [0.3, 0.4) is 0 Å². The Hall–Kier alpha value is -3.24. The summed E-state index contributed by atoms with van der Waals surface area (Å²) < 4.78 is 5.57. The molecule has 3 fully saturated rings. The van der Waals surface area contributed by atoms with E-state index in [2.05, 4.69) is 16.2 Å². The maximum Gasteiger partial charge on any atom is 0.344 e. The van der Waals surface area contributed by atoms with Crippen LogP contribution in [0.5, 0.6) is 0 Å². The van der Waals surface area contributed by atoms with Gasteiger partial charge in [-0.05, 0) is 50.0 Å². The fourth-order valence-electron chi connectivity index (χ4n) is 5.74. The lowest BCUT2D eigenvalue weighted by Crippen LogP contribution is -2.53. The molecule has 3 N–H and O–H groups in total. The third-order valence-electron chi connectivity index (χ3n) is 7.90. The van der Waals surface area contributed by atoms with E-state index in [1.54, 1.807) is 0 Å². The standard InChI is InChI=1S/C30H42N4O6/c1-21(2)20-24(26(35)32-34-28(37)30(31-29(34)38)17-8-4-9-18-30)23(15-11-14-22-12-5-3-6-13-22)27(36)33-40-25-16-7-10-19-39-25/h3,5-6,11-14,21,23-25H,4,7-10,15-20H2,1-2H3,(H,31,38)(H,32,35)(H,33,36)/t23-,24?,25?/m0/s1. The van der Waals surface area contributed by atoms with Crippen molar-refractivity contribution in [2.24, 2.45) is 17.8 Å². The van der Waals surface area contributed by atoms with E-state index in [4.69, 9.17) is 9.57 Å². The van der Waals surface area contributed by atoms with E-state index >= 15 is 0 Å². The molecule has 1 aromatic carbocycles. The van der Waals surface area contributed by atoms with Crippen molar-refractivity contribution in [3.8, 4) is 0 Å². The summed E-state index contributed by atoms with van der Waals surface area (Å²) in [7, 11) is 0. The minimum Gasteiger partial charge on any atom is -0.350 e. The summed E-state index contributed by atoms with van der Waals surface area (Å²) in [5.41, 5.74) is 5.11. The number of hydrazine groups is 1. The number of allylic oxidation sites excluding steroid dienone is 1. The molecule has 1 aliphatic carbocycles. The number of benzene rings is 1. The zero-order valence-corrected chi connectivity index (χ0v) is 23.5. The number of amides is 5. The van der Waals surface area contributed by atoms with Gasteiger partial charge in [0, 0.05) is 13.0 Å². The highest BCUT2D eigenvalue weighted by molar-refractivity contribution is 6.08. The number of carbonyl (C=O) groups is 4. The van der Waals surface area contributed by atoms with E-state index in [1.807, 2.05) is 56.3 Å². The normalized spacial score (nSPS) is 22.4. The van der Waals surface area contributed by atoms with Gasteiger partial charge in [0.15, 0.2) is 6.29 Å². The number of carbonyl (C=O) groups excluding carboxylic acids is 4. The largest absolute Gasteiger partial charge is 0.350 e. The van der Waals surface area contributed by atoms with Crippen LogP contribution in [0, 0.1) is 17.8 Å². The van der Waals surface area contributed by atoms with Gasteiger partial charge >= 0.3 is 6.03 Å². The van der Waals surface area contributed by atoms with Gasteiger partial charge in [-0.3, -0.25) is 19.8 Å². The summed E-state index contributed by atoms with van der Waals surface area (Å²) in [5, 5.41) is 3.62. The van der Waals surface area contributed by atoms with Gasteiger partial charge in [0.25, 0.3) is 5.91 Å². The van der Waals surface area contributed by atoms with E-state index in [0.717, 1.165) is 42.7 Å². The molecule has 2 unspecified atom stereocenters. The number of hydroxylamine groups is 1. The topological polar surface area (TPSA) is 126 Å².